The fourth-order valence-electron chi connectivity index (χ4n) is 0. The van der Waals surface area contributed by atoms with Crippen LogP contribution in [0.1, 0.15) is 0 Å². The summed E-state index contributed by atoms with van der Waals surface area (Å²) in [5, 5.41) is 0. The van der Waals surface area contributed by atoms with Crippen molar-refractivity contribution in [2.75, 3.05) is 0 Å². The fourth-order valence-corrected chi connectivity index (χ4v) is 0. The Morgan fingerprint density at radius 1 is 0.184 bits per heavy atom. The second-order valence-corrected chi connectivity index (χ2v) is 10.7. The van der Waals surface area contributed by atoms with Crippen molar-refractivity contribution in [1.29, 1.82) is 0 Å². The Morgan fingerprint density at radius 2 is 0.184 bits per heavy atom. The van der Waals surface area contributed by atoms with Crippen molar-refractivity contribution < 1.29 is 327 Å². The Morgan fingerprint density at radius 3 is 0.184 bits per heavy atom. The topological polar surface area (TPSA) is 690 Å². The molecule has 0 aliphatic heterocycles. The van der Waals surface area contributed by atoms with Crippen LogP contribution in [0.3, 0.4) is 0 Å². The third-order valence-electron chi connectivity index (χ3n) is 0. The number of phosphoric acid groups is 8. The minimum atomic E-state index is -5.39. The van der Waals surface area contributed by atoms with Gasteiger partial charge >= 0.3 is 173 Å². The Kier molecular flexibility index (Phi) is 119. The molecule has 0 aromatic rings. The molecule has 0 atom stereocenters. The largest absolute Gasteiger partial charge is 4.00 e. The monoisotopic (exact) mass is 1090 g/mol. The van der Waals surface area contributed by atoms with E-state index in [1.807, 2.05) is 0 Å². The molecule has 0 bridgehead atoms. The molecule has 0 heterocycles. The summed E-state index contributed by atoms with van der Waals surface area (Å²) in [5.41, 5.74) is 0. The van der Waals surface area contributed by atoms with Gasteiger partial charge in [0.15, 0.2) is 0 Å². The Hall–Kier alpha value is 6.37. The van der Waals surface area contributed by atoms with Crippen LogP contribution in [0.15, 0.2) is 0 Å². The van der Waals surface area contributed by atoms with Gasteiger partial charge in [0.05, 0.1) is 0 Å². The van der Waals surface area contributed by atoms with E-state index in [1.54, 1.807) is 0 Å². The van der Waals surface area contributed by atoms with Crippen LogP contribution in [0.2, 0.25) is 0 Å². The van der Waals surface area contributed by atoms with E-state index in [0.29, 0.717) is 0 Å². The zero-order chi connectivity index (χ0) is 36.0. The van der Waals surface area contributed by atoms with Crippen LogP contribution in [0, 0.1) is 0 Å². The minimum absolute atomic E-state index is 0. The van der Waals surface area contributed by atoms with E-state index in [4.69, 9.17) is 154 Å². The summed E-state index contributed by atoms with van der Waals surface area (Å²) in [5.74, 6) is 0. The average molecular weight is 1090 g/mol. The van der Waals surface area contributed by atoms with Gasteiger partial charge in [0, 0.05) is 0 Å². The first-order valence-corrected chi connectivity index (χ1v) is 17.5. The predicted molar refractivity (Wildman–Crippen MR) is 60.9 cm³/mol. The van der Waals surface area contributed by atoms with Crippen molar-refractivity contribution in [3.05, 3.63) is 0 Å². The van der Waals surface area contributed by atoms with Crippen LogP contribution in [-0.4, -0.2) is 0 Å². The van der Waals surface area contributed by atoms with Gasteiger partial charge in [-0.15, -0.1) is 0 Å². The second-order valence-electron chi connectivity index (χ2n) is 3.58. The maximum absolute atomic E-state index is 8.55. The predicted octanol–water partition coefficient (Wildman–Crippen LogP) is -31.6. The quantitative estimate of drug-likeness (QED) is 0.161. The molecule has 0 N–H and O–H groups in total. The standard InChI is InChI=1S/3Fe.3Li.8H3O4P.3Ti/c;;;;;;8*1-5(2,3)4;;;/h;;;;;;8*(H3,1,2,3,4);;;/q3*+3;3*+1;;;;;;;;;3*+4/p-24. The van der Waals surface area contributed by atoms with E-state index in [1.165, 1.54) is 0 Å². The number of rotatable bonds is 0. The molecule has 0 saturated heterocycles. The van der Waals surface area contributed by atoms with Crippen LogP contribution < -0.4 is 174 Å². The summed E-state index contributed by atoms with van der Waals surface area (Å²) in [6.07, 6.45) is 0. The van der Waals surface area contributed by atoms with Crippen LogP contribution in [0.25, 0.3) is 0 Å². The summed E-state index contributed by atoms with van der Waals surface area (Å²) < 4.78 is 68.4. The fraction of sp³-hybridized carbons (Fsp3) is 0. The molecule has 0 aliphatic rings. The average Bonchev–Trinajstić information content (AvgIpc) is 2.16. The van der Waals surface area contributed by atoms with E-state index >= 15 is 0 Å². The van der Waals surface area contributed by atoms with Gasteiger partial charge in [-0.3, -0.25) is 0 Å². The summed E-state index contributed by atoms with van der Waals surface area (Å²) in [6.45, 7) is 0. The molecule has 49 heteroatoms. The molecule has 271 valence electrons. The molecule has 0 aliphatic carbocycles. The van der Waals surface area contributed by atoms with Crippen molar-refractivity contribution in [2.45, 2.75) is 0 Å². The van der Waals surface area contributed by atoms with Crippen molar-refractivity contribution in [1.82, 2.24) is 0 Å². The smallest absolute Gasteiger partial charge is 0.822 e. The third-order valence-corrected chi connectivity index (χ3v) is 0. The first-order chi connectivity index (χ1) is 16.0. The Labute approximate surface area is 385 Å². The van der Waals surface area contributed by atoms with Crippen LogP contribution in [-0.2, 0) is 153 Å². The SMILES string of the molecule is O=P([O-])([O-])[O-].O=P([O-])([O-])[O-].O=P([O-])([O-])[O-].O=P([O-])([O-])[O-].O=P([O-])([O-])[O-].O=P([O-])([O-])[O-].O=P([O-])([O-])[O-].O=P([O-])([O-])[O-].[Fe+3].[Fe+3].[Fe+3].[Li+].[Li+].[Li+].[Ti+4].[Ti+4].[Ti+4]. The van der Waals surface area contributed by atoms with E-state index in [0.717, 1.165) is 0 Å². The van der Waals surface area contributed by atoms with Gasteiger partial charge in [0.25, 0.3) is 0 Å². The molecule has 49 heavy (non-hydrogen) atoms. The van der Waals surface area contributed by atoms with Gasteiger partial charge in [-0.2, -0.15) is 62.6 Å². The normalized spacial score (nSPS) is 9.63. The molecular weight excluding hydrogens is 1090 g/mol. The molecule has 0 amide bonds. The summed E-state index contributed by atoms with van der Waals surface area (Å²) in [4.78, 5) is 205. The summed E-state index contributed by atoms with van der Waals surface area (Å²) in [7, 11) is -43.1. The first kappa shape index (κ1) is 111. The molecule has 0 spiro atoms. The van der Waals surface area contributed by atoms with E-state index in [9.17, 15) is 0 Å². The zero-order valence-corrected chi connectivity index (χ0v) is 37.4. The molecule has 3 radical (unpaired) electrons. The molecular formula is Fe3Li3O32P8Ti3. The number of hydrogen-bond donors (Lipinski definition) is 0. The van der Waals surface area contributed by atoms with Gasteiger partial charge < -0.3 is 154 Å². The molecule has 0 saturated carbocycles. The zero-order valence-electron chi connectivity index (χ0n) is 22.2. The molecule has 32 nitrogen and oxygen atoms in total. The molecule has 0 aromatic heterocycles. The van der Waals surface area contributed by atoms with Crippen molar-refractivity contribution in [2.24, 2.45) is 0 Å². The molecule has 0 fully saturated rings. The van der Waals surface area contributed by atoms with E-state index in [2.05, 4.69) is 0 Å². The minimum Gasteiger partial charge on any atom is -0.822 e. The summed E-state index contributed by atoms with van der Waals surface area (Å²) in [6, 6.07) is 0. The summed E-state index contributed by atoms with van der Waals surface area (Å²) >= 11 is 0. The van der Waals surface area contributed by atoms with Crippen LogP contribution in [0.4, 0.5) is 0 Å². The van der Waals surface area contributed by atoms with Gasteiger partial charge in [0.1, 0.15) is 0 Å². The first-order valence-electron chi connectivity index (χ1n) is 5.84. The second kappa shape index (κ2) is 52.4. The molecule has 0 rings (SSSR count). The van der Waals surface area contributed by atoms with Gasteiger partial charge in [-0.25, -0.2) is 0 Å². The molecule has 0 unspecified atom stereocenters. The Bertz CT molecular complexity index is 686. The van der Waals surface area contributed by atoms with E-state index in [-0.39, 0.29) is 173 Å². The van der Waals surface area contributed by atoms with Crippen LogP contribution in [0.5, 0.6) is 0 Å². The van der Waals surface area contributed by atoms with E-state index < -0.39 is 62.6 Å². The maximum atomic E-state index is 8.55. The molecule has 0 aromatic carbocycles. The van der Waals surface area contributed by atoms with Gasteiger partial charge in [0.2, 0.25) is 0 Å². The van der Waals surface area contributed by atoms with Gasteiger partial charge in [-0.1, -0.05) is 0 Å². The maximum Gasteiger partial charge on any atom is 4.00 e. The number of hydrogen-bond acceptors (Lipinski definition) is 32. The Balaban J connectivity index is -0.0000000155. The van der Waals surface area contributed by atoms with Crippen LogP contribution >= 0.6 is 62.6 Å². The van der Waals surface area contributed by atoms with Crippen molar-refractivity contribution >= 4 is 62.6 Å². The van der Waals surface area contributed by atoms with Gasteiger partial charge in [-0.05, 0) is 0 Å². The third kappa shape index (κ3) is 3670. The van der Waals surface area contributed by atoms with Crippen molar-refractivity contribution in [3.63, 3.8) is 0 Å². The van der Waals surface area contributed by atoms with Crippen molar-refractivity contribution in [3.8, 4) is 0 Å².